The number of aliphatic hydroxyl groups is 1. The van der Waals surface area contributed by atoms with E-state index in [-0.39, 0.29) is 11.2 Å². The van der Waals surface area contributed by atoms with Crippen molar-refractivity contribution < 1.29 is 9.32 Å². The molecule has 3 nitrogen and oxygen atoms in total. The minimum absolute atomic E-state index is 0.188. The maximum absolute atomic E-state index is 13.5. The van der Waals surface area contributed by atoms with Gasteiger partial charge in [0, 0.05) is 17.4 Å². The van der Waals surface area contributed by atoms with E-state index in [0.717, 1.165) is 18.4 Å². The molecule has 0 radical (unpaired) electrons. The van der Waals surface area contributed by atoms with Gasteiger partial charge in [0.15, 0.2) is 0 Å². The van der Waals surface area contributed by atoms with E-state index >= 15 is 0 Å². The van der Waals surface area contributed by atoms with Crippen molar-refractivity contribution in [3.63, 3.8) is 0 Å². The Bertz CT molecular complexity index is 735. The quantitative estimate of drug-likeness (QED) is 0.853. The van der Waals surface area contributed by atoms with Gasteiger partial charge < -0.3 is 5.11 Å². The Morgan fingerprint density at radius 3 is 2.65 bits per heavy atom. The fourth-order valence-corrected chi connectivity index (χ4v) is 6.85. The van der Waals surface area contributed by atoms with Gasteiger partial charge in [-0.05, 0) is 43.2 Å². The first-order valence-corrected chi connectivity index (χ1v) is 10.0. The van der Waals surface area contributed by atoms with Gasteiger partial charge in [0.1, 0.15) is 0 Å². The first-order chi connectivity index (χ1) is 10.8. The summed E-state index contributed by atoms with van der Waals surface area (Å²) in [6.45, 7) is 8.58. The van der Waals surface area contributed by atoms with E-state index in [2.05, 4.69) is 24.8 Å². The third-order valence-corrected chi connectivity index (χ3v) is 8.79. The number of hydrogen-bond donors (Lipinski definition) is 1. The molecule has 0 amide bonds. The third kappa shape index (κ3) is 2.38. The Labute approximate surface area is 140 Å². The summed E-state index contributed by atoms with van der Waals surface area (Å²) in [6, 6.07) is 9.35. The van der Waals surface area contributed by atoms with Crippen LogP contribution in [0, 0.1) is 17.3 Å². The molecule has 0 saturated heterocycles. The molecule has 2 aliphatic rings. The standard InChI is InChI=1S/C19H27NO2S/c1-14-12-19(21,18(3)11-10-17(14)15(18)2)13-23(22,20-4)16-8-6-5-7-9-16/h5-9,14,17,21H,2,10-13H2,1,3-4H3/t14-,17-,18-,19+,23?/m0/s1. The Morgan fingerprint density at radius 2 is 2.04 bits per heavy atom. The molecule has 0 heterocycles. The van der Waals surface area contributed by atoms with Crippen LogP contribution in [0.5, 0.6) is 0 Å². The molecule has 5 atom stereocenters. The molecule has 2 fully saturated rings. The zero-order chi connectivity index (χ0) is 16.9. The average molecular weight is 333 g/mol. The predicted octanol–water partition coefficient (Wildman–Crippen LogP) is 3.89. The molecule has 0 spiro atoms. The van der Waals surface area contributed by atoms with Crippen LogP contribution in [0.1, 0.15) is 33.1 Å². The molecule has 2 aliphatic carbocycles. The molecule has 2 bridgehead atoms. The Balaban J connectivity index is 2.04. The van der Waals surface area contributed by atoms with Crippen LogP contribution in [0.15, 0.2) is 51.7 Å². The number of nitrogens with zero attached hydrogens (tertiary/aromatic N) is 1. The van der Waals surface area contributed by atoms with Crippen LogP contribution in [0.4, 0.5) is 0 Å². The summed E-state index contributed by atoms with van der Waals surface area (Å²) < 4.78 is 17.7. The highest BCUT2D eigenvalue weighted by Gasteiger charge is 2.59. The lowest BCUT2D eigenvalue weighted by Crippen LogP contribution is -2.54. The normalized spacial score (nSPS) is 39.0. The molecule has 0 aliphatic heterocycles. The van der Waals surface area contributed by atoms with Crippen molar-refractivity contribution in [1.82, 2.24) is 0 Å². The fourth-order valence-electron chi connectivity index (χ4n) is 4.68. The van der Waals surface area contributed by atoms with Crippen LogP contribution in [0.2, 0.25) is 0 Å². The molecule has 4 heteroatoms. The van der Waals surface area contributed by atoms with Crippen molar-refractivity contribution >= 4 is 9.73 Å². The van der Waals surface area contributed by atoms with E-state index in [1.807, 2.05) is 30.3 Å². The summed E-state index contributed by atoms with van der Waals surface area (Å²) in [5.41, 5.74) is -0.223. The highest BCUT2D eigenvalue weighted by Crippen LogP contribution is 2.61. The molecular weight excluding hydrogens is 306 g/mol. The minimum atomic E-state index is -2.64. The van der Waals surface area contributed by atoms with Gasteiger partial charge in [-0.2, -0.15) is 0 Å². The zero-order valence-electron chi connectivity index (χ0n) is 14.3. The molecule has 1 unspecified atom stereocenters. The number of rotatable bonds is 3. The molecule has 23 heavy (non-hydrogen) atoms. The summed E-state index contributed by atoms with van der Waals surface area (Å²) in [6.07, 6.45) is 2.67. The summed E-state index contributed by atoms with van der Waals surface area (Å²) in [5.74, 6) is 1.05. The lowest BCUT2D eigenvalue weighted by Gasteiger charge is -2.50. The van der Waals surface area contributed by atoms with E-state index in [1.54, 1.807) is 7.05 Å². The van der Waals surface area contributed by atoms with Crippen molar-refractivity contribution in [2.45, 2.75) is 43.6 Å². The van der Waals surface area contributed by atoms with Crippen LogP contribution in [-0.4, -0.2) is 27.7 Å². The second-order valence-electron chi connectivity index (χ2n) is 7.50. The smallest absolute Gasteiger partial charge is 0.0867 e. The van der Waals surface area contributed by atoms with Crippen LogP contribution in [0.25, 0.3) is 0 Å². The summed E-state index contributed by atoms with van der Waals surface area (Å²) in [5, 5.41) is 11.6. The molecule has 1 aromatic carbocycles. The highest BCUT2D eigenvalue weighted by molar-refractivity contribution is 7.93. The fraction of sp³-hybridized carbons (Fsp3) is 0.579. The van der Waals surface area contributed by atoms with E-state index in [9.17, 15) is 9.32 Å². The SMILES string of the molecule is C=C1[C@H]2CC[C@]1(C)[C@](O)(CS(=O)(=NC)c1ccccc1)C[C@@H]2C. The number of fused-ring (bicyclic) bond motifs is 2. The van der Waals surface area contributed by atoms with Crippen molar-refractivity contribution in [3.05, 3.63) is 42.5 Å². The Hall–Kier alpha value is -1.13. The molecular formula is C19H27NO2S. The van der Waals surface area contributed by atoms with Gasteiger partial charge in [0.25, 0.3) is 0 Å². The van der Waals surface area contributed by atoms with Gasteiger partial charge in [0.05, 0.1) is 21.1 Å². The molecule has 1 N–H and O–H groups in total. The first-order valence-electron chi connectivity index (χ1n) is 8.35. The predicted molar refractivity (Wildman–Crippen MR) is 94.8 cm³/mol. The summed E-state index contributed by atoms with van der Waals surface area (Å²) in [4.78, 5) is 0.706. The zero-order valence-corrected chi connectivity index (χ0v) is 15.1. The lowest BCUT2D eigenvalue weighted by atomic mass is 9.61. The number of benzene rings is 1. The first kappa shape index (κ1) is 16.7. The maximum Gasteiger partial charge on any atom is 0.0867 e. The average Bonchev–Trinajstić information content (AvgIpc) is 2.80. The van der Waals surface area contributed by atoms with Gasteiger partial charge in [-0.1, -0.05) is 44.2 Å². The van der Waals surface area contributed by atoms with Gasteiger partial charge in [0.2, 0.25) is 0 Å². The van der Waals surface area contributed by atoms with Crippen molar-refractivity contribution in [3.8, 4) is 0 Å². The van der Waals surface area contributed by atoms with Crippen LogP contribution in [-0.2, 0) is 9.73 Å². The third-order valence-electron chi connectivity index (χ3n) is 6.33. The minimum Gasteiger partial charge on any atom is -0.388 e. The van der Waals surface area contributed by atoms with Crippen LogP contribution >= 0.6 is 0 Å². The van der Waals surface area contributed by atoms with Gasteiger partial charge >= 0.3 is 0 Å². The van der Waals surface area contributed by atoms with E-state index in [0.29, 0.717) is 23.2 Å². The monoisotopic (exact) mass is 333 g/mol. The summed E-state index contributed by atoms with van der Waals surface area (Å²) >= 11 is 0. The van der Waals surface area contributed by atoms with E-state index in [1.165, 1.54) is 0 Å². The highest BCUT2D eigenvalue weighted by atomic mass is 32.2. The maximum atomic E-state index is 13.5. The van der Waals surface area contributed by atoms with E-state index < -0.39 is 15.3 Å². The van der Waals surface area contributed by atoms with Crippen molar-refractivity contribution in [2.75, 3.05) is 12.8 Å². The topological polar surface area (TPSA) is 49.7 Å². The molecule has 126 valence electrons. The van der Waals surface area contributed by atoms with E-state index in [4.69, 9.17) is 0 Å². The van der Waals surface area contributed by atoms with Gasteiger partial charge in [-0.15, -0.1) is 0 Å². The van der Waals surface area contributed by atoms with Crippen molar-refractivity contribution in [2.24, 2.45) is 21.6 Å². The van der Waals surface area contributed by atoms with Gasteiger partial charge in [-0.3, -0.25) is 0 Å². The number of hydrogen-bond acceptors (Lipinski definition) is 3. The van der Waals surface area contributed by atoms with Crippen molar-refractivity contribution in [1.29, 1.82) is 0 Å². The Morgan fingerprint density at radius 1 is 1.39 bits per heavy atom. The molecule has 0 aromatic heterocycles. The summed E-state index contributed by atoms with van der Waals surface area (Å²) in [7, 11) is -1.04. The van der Waals surface area contributed by atoms with Gasteiger partial charge in [-0.25, -0.2) is 8.57 Å². The second kappa shape index (κ2) is 5.45. The molecule has 1 aromatic rings. The molecule has 2 saturated carbocycles. The largest absolute Gasteiger partial charge is 0.388 e. The Kier molecular flexibility index (Phi) is 3.96. The van der Waals surface area contributed by atoms with Crippen LogP contribution in [0.3, 0.4) is 0 Å². The molecule has 3 rings (SSSR count). The second-order valence-corrected chi connectivity index (χ2v) is 9.90. The van der Waals surface area contributed by atoms with Crippen LogP contribution < -0.4 is 0 Å². The lowest BCUT2D eigenvalue weighted by molar-refractivity contribution is -0.0641.